The monoisotopic (exact) mass is 565 g/mol. The predicted octanol–water partition coefficient (Wildman–Crippen LogP) is 4.92. The van der Waals surface area contributed by atoms with E-state index in [2.05, 4.69) is 5.32 Å². The second-order valence-corrected chi connectivity index (χ2v) is 11.4. The molecule has 9 heteroatoms. The van der Waals surface area contributed by atoms with Gasteiger partial charge in [-0.15, -0.1) is 0 Å². The molecule has 3 aromatic carbocycles. The summed E-state index contributed by atoms with van der Waals surface area (Å²) in [5, 5.41) is 2.94. The number of nitrogens with one attached hydrogen (secondary N) is 1. The summed E-state index contributed by atoms with van der Waals surface area (Å²) in [5.41, 5.74) is 1.98. The average molecular weight is 566 g/mol. The van der Waals surface area contributed by atoms with Crippen LogP contribution in [0.3, 0.4) is 0 Å². The third kappa shape index (κ3) is 7.63. The van der Waals surface area contributed by atoms with Crippen LogP contribution in [0.15, 0.2) is 83.8 Å². The van der Waals surface area contributed by atoms with Gasteiger partial charge in [0.25, 0.3) is 10.0 Å². The van der Waals surface area contributed by atoms with Crippen molar-refractivity contribution in [3.63, 3.8) is 0 Å². The molecule has 0 aliphatic carbocycles. The van der Waals surface area contributed by atoms with Gasteiger partial charge in [-0.3, -0.25) is 13.9 Å². The molecule has 1 atom stereocenters. The van der Waals surface area contributed by atoms with Gasteiger partial charge in [-0.2, -0.15) is 0 Å². The molecule has 0 saturated carbocycles. The normalized spacial score (nSPS) is 11.9. The summed E-state index contributed by atoms with van der Waals surface area (Å²) in [6, 6.07) is 21.7. The third-order valence-corrected chi connectivity index (χ3v) is 8.43. The number of anilines is 1. The van der Waals surface area contributed by atoms with E-state index in [1.54, 1.807) is 36.4 Å². The summed E-state index contributed by atoms with van der Waals surface area (Å²) >= 11 is 0. The predicted molar refractivity (Wildman–Crippen MR) is 158 cm³/mol. The summed E-state index contributed by atoms with van der Waals surface area (Å²) < 4.78 is 34.5. The van der Waals surface area contributed by atoms with Crippen molar-refractivity contribution in [1.82, 2.24) is 10.2 Å². The highest BCUT2D eigenvalue weighted by Gasteiger charge is 2.34. The Morgan fingerprint density at radius 1 is 0.925 bits per heavy atom. The Morgan fingerprint density at radius 3 is 2.20 bits per heavy atom. The van der Waals surface area contributed by atoms with Gasteiger partial charge in [0, 0.05) is 13.1 Å². The Kier molecular flexibility index (Phi) is 11.1. The summed E-state index contributed by atoms with van der Waals surface area (Å²) in [6.07, 6.45) is 2.12. The van der Waals surface area contributed by atoms with Crippen molar-refractivity contribution in [2.75, 3.05) is 24.5 Å². The molecule has 40 heavy (non-hydrogen) atoms. The van der Waals surface area contributed by atoms with Gasteiger partial charge in [0.15, 0.2) is 0 Å². The highest BCUT2D eigenvalue weighted by Crippen LogP contribution is 2.32. The lowest BCUT2D eigenvalue weighted by Crippen LogP contribution is -2.52. The lowest BCUT2D eigenvalue weighted by Gasteiger charge is -2.33. The first kappa shape index (κ1) is 30.7. The number of carbonyl (C=O) groups is 2. The molecule has 0 aliphatic rings. The zero-order valence-electron chi connectivity index (χ0n) is 23.7. The number of methoxy groups -OCH3 is 1. The molecule has 0 radical (unpaired) electrons. The van der Waals surface area contributed by atoms with E-state index in [9.17, 15) is 18.0 Å². The van der Waals surface area contributed by atoms with Crippen molar-refractivity contribution >= 4 is 27.5 Å². The van der Waals surface area contributed by atoms with Crippen molar-refractivity contribution in [3.05, 3.63) is 90.0 Å². The second-order valence-electron chi connectivity index (χ2n) is 9.57. The van der Waals surface area contributed by atoms with Crippen LogP contribution in [0, 0.1) is 6.92 Å². The molecule has 214 valence electrons. The molecule has 0 spiro atoms. The largest absolute Gasteiger partial charge is 0.495 e. The van der Waals surface area contributed by atoms with E-state index in [0.29, 0.717) is 18.7 Å². The Morgan fingerprint density at radius 2 is 1.57 bits per heavy atom. The number of aryl methyl sites for hydroxylation is 1. The van der Waals surface area contributed by atoms with Crippen LogP contribution in [0.2, 0.25) is 0 Å². The fourth-order valence-electron chi connectivity index (χ4n) is 4.39. The Labute approximate surface area is 238 Å². The fraction of sp³-hybridized carbons (Fsp3) is 0.355. The molecule has 1 N–H and O–H groups in total. The highest BCUT2D eigenvalue weighted by atomic mass is 32.2. The summed E-state index contributed by atoms with van der Waals surface area (Å²) in [6.45, 7) is 5.90. The fourth-order valence-corrected chi connectivity index (χ4v) is 5.82. The number of para-hydroxylation sites is 2. The van der Waals surface area contributed by atoms with Crippen LogP contribution in [-0.4, -0.2) is 51.4 Å². The van der Waals surface area contributed by atoms with Crippen molar-refractivity contribution in [3.8, 4) is 5.75 Å². The molecule has 1 unspecified atom stereocenters. The SMILES string of the molecule is CCCCNC(=O)C(CC)N(Cc1ccccc1)C(=O)CN(c1ccccc1OC)S(=O)(=O)c1ccc(C)cc1. The molecule has 0 heterocycles. The van der Waals surface area contributed by atoms with Gasteiger partial charge in [0.05, 0.1) is 17.7 Å². The van der Waals surface area contributed by atoms with Gasteiger partial charge in [-0.25, -0.2) is 8.42 Å². The minimum atomic E-state index is -4.17. The number of hydrogen-bond donors (Lipinski definition) is 1. The first-order valence-corrected chi connectivity index (χ1v) is 15.0. The number of unbranched alkanes of at least 4 members (excludes halogenated alkanes) is 1. The van der Waals surface area contributed by atoms with Crippen LogP contribution in [0.5, 0.6) is 5.75 Å². The zero-order chi connectivity index (χ0) is 29.1. The second kappa shape index (κ2) is 14.5. The number of amides is 2. The number of hydrogen-bond acceptors (Lipinski definition) is 5. The van der Waals surface area contributed by atoms with Gasteiger partial charge in [0.1, 0.15) is 18.3 Å². The van der Waals surface area contributed by atoms with E-state index in [0.717, 1.165) is 28.3 Å². The minimum Gasteiger partial charge on any atom is -0.495 e. The molecule has 0 aliphatic heterocycles. The van der Waals surface area contributed by atoms with Gasteiger partial charge in [-0.05, 0) is 49.6 Å². The first-order chi connectivity index (χ1) is 19.2. The number of ether oxygens (including phenoxy) is 1. The van der Waals surface area contributed by atoms with Crippen molar-refractivity contribution in [1.29, 1.82) is 0 Å². The van der Waals surface area contributed by atoms with E-state index >= 15 is 0 Å². The van der Waals surface area contributed by atoms with Crippen LogP contribution in [-0.2, 0) is 26.2 Å². The molecule has 0 aromatic heterocycles. The molecule has 0 saturated heterocycles. The zero-order valence-corrected chi connectivity index (χ0v) is 24.5. The molecular formula is C31H39N3O5S. The number of sulfonamides is 1. The van der Waals surface area contributed by atoms with E-state index < -0.39 is 28.5 Å². The smallest absolute Gasteiger partial charge is 0.264 e. The number of benzene rings is 3. The van der Waals surface area contributed by atoms with E-state index in [-0.39, 0.29) is 23.0 Å². The highest BCUT2D eigenvalue weighted by molar-refractivity contribution is 7.92. The lowest BCUT2D eigenvalue weighted by atomic mass is 10.1. The topological polar surface area (TPSA) is 96.0 Å². The Bertz CT molecular complexity index is 1360. The summed E-state index contributed by atoms with van der Waals surface area (Å²) in [7, 11) is -2.72. The molecule has 3 aromatic rings. The molecule has 0 bridgehead atoms. The van der Waals surface area contributed by atoms with Gasteiger partial charge in [0.2, 0.25) is 11.8 Å². The third-order valence-electron chi connectivity index (χ3n) is 6.65. The Balaban J connectivity index is 2.05. The minimum absolute atomic E-state index is 0.0516. The van der Waals surface area contributed by atoms with Crippen molar-refractivity contribution in [2.24, 2.45) is 0 Å². The average Bonchev–Trinajstić information content (AvgIpc) is 2.96. The standard InChI is InChI=1S/C31H39N3O5S/c1-5-7-21-32-31(36)27(6-2)33(22-25-13-9-8-10-14-25)30(35)23-34(28-15-11-12-16-29(28)39-4)40(37,38)26-19-17-24(3)18-20-26/h8-20,27H,5-7,21-23H2,1-4H3,(H,32,36). The van der Waals surface area contributed by atoms with E-state index in [1.165, 1.54) is 24.1 Å². The van der Waals surface area contributed by atoms with Gasteiger partial charge >= 0.3 is 0 Å². The maximum absolute atomic E-state index is 14.1. The number of carbonyl (C=O) groups excluding carboxylic acids is 2. The number of rotatable bonds is 14. The maximum atomic E-state index is 14.1. The molecule has 2 amide bonds. The van der Waals surface area contributed by atoms with Crippen molar-refractivity contribution in [2.45, 2.75) is 57.5 Å². The first-order valence-electron chi connectivity index (χ1n) is 13.6. The summed E-state index contributed by atoms with van der Waals surface area (Å²) in [5.74, 6) is -0.446. The van der Waals surface area contributed by atoms with Crippen LogP contribution in [0.1, 0.15) is 44.2 Å². The number of nitrogens with zero attached hydrogens (tertiary/aromatic N) is 2. The van der Waals surface area contributed by atoms with Crippen LogP contribution < -0.4 is 14.4 Å². The van der Waals surface area contributed by atoms with Crippen LogP contribution in [0.25, 0.3) is 0 Å². The van der Waals surface area contributed by atoms with Crippen LogP contribution in [0.4, 0.5) is 5.69 Å². The molecule has 8 nitrogen and oxygen atoms in total. The maximum Gasteiger partial charge on any atom is 0.264 e. The molecule has 0 fully saturated rings. The van der Waals surface area contributed by atoms with Crippen LogP contribution >= 0.6 is 0 Å². The molecular weight excluding hydrogens is 526 g/mol. The van der Waals surface area contributed by atoms with E-state index in [4.69, 9.17) is 4.74 Å². The van der Waals surface area contributed by atoms with Gasteiger partial charge in [-0.1, -0.05) is 80.4 Å². The Hall–Kier alpha value is -3.85. The molecule has 3 rings (SSSR count). The van der Waals surface area contributed by atoms with Crippen molar-refractivity contribution < 1.29 is 22.7 Å². The summed E-state index contributed by atoms with van der Waals surface area (Å²) in [4.78, 5) is 28.9. The van der Waals surface area contributed by atoms with E-state index in [1.807, 2.05) is 51.1 Å². The van der Waals surface area contributed by atoms with Gasteiger partial charge < -0.3 is 15.0 Å². The lowest BCUT2D eigenvalue weighted by molar-refractivity contribution is -0.140. The quantitative estimate of drug-likeness (QED) is 0.280.